The molecule has 3 rings (SSSR count). The van der Waals surface area contributed by atoms with Gasteiger partial charge in [-0.25, -0.2) is 10.4 Å². The van der Waals surface area contributed by atoms with Gasteiger partial charge in [0.15, 0.2) is 0 Å². The zero-order valence-electron chi connectivity index (χ0n) is 12.5. The van der Waals surface area contributed by atoms with Gasteiger partial charge in [0.25, 0.3) is 5.91 Å². The molecule has 0 bridgehead atoms. The van der Waals surface area contributed by atoms with Crippen molar-refractivity contribution in [1.29, 1.82) is 0 Å². The second-order valence-corrected chi connectivity index (χ2v) is 5.95. The smallest absolute Gasteiger partial charge is 0.266 e. The summed E-state index contributed by atoms with van der Waals surface area (Å²) in [4.78, 5) is 16.6. The summed E-state index contributed by atoms with van der Waals surface area (Å²) < 4.78 is 0.965. The van der Waals surface area contributed by atoms with Gasteiger partial charge in [-0.05, 0) is 36.8 Å². The SMILES string of the molecule is C/C(=N\NC(=O)c1ccc2ccccc2n1)c1cccc(Br)c1. The van der Waals surface area contributed by atoms with Crippen LogP contribution in [-0.2, 0) is 0 Å². The van der Waals surface area contributed by atoms with Crippen molar-refractivity contribution in [3.05, 3.63) is 76.4 Å². The number of hydrogen-bond acceptors (Lipinski definition) is 3. The highest BCUT2D eigenvalue weighted by atomic mass is 79.9. The summed E-state index contributed by atoms with van der Waals surface area (Å²) in [6.07, 6.45) is 0. The Kier molecular flexibility index (Phi) is 4.48. The Morgan fingerprint density at radius 3 is 2.74 bits per heavy atom. The van der Waals surface area contributed by atoms with E-state index >= 15 is 0 Å². The van der Waals surface area contributed by atoms with Gasteiger partial charge in [0.2, 0.25) is 0 Å². The molecule has 0 aliphatic rings. The van der Waals surface area contributed by atoms with Gasteiger partial charge in [0, 0.05) is 9.86 Å². The molecular formula is C18H14BrN3O. The molecule has 2 aromatic carbocycles. The van der Waals surface area contributed by atoms with E-state index in [-0.39, 0.29) is 5.91 Å². The minimum absolute atomic E-state index is 0.329. The van der Waals surface area contributed by atoms with Crippen LogP contribution in [0.3, 0.4) is 0 Å². The predicted octanol–water partition coefficient (Wildman–Crippen LogP) is 4.15. The van der Waals surface area contributed by atoms with Crippen LogP contribution in [-0.4, -0.2) is 16.6 Å². The van der Waals surface area contributed by atoms with Crippen molar-refractivity contribution >= 4 is 38.5 Å². The molecule has 0 spiro atoms. The number of hydrogen-bond donors (Lipinski definition) is 1. The minimum atomic E-state index is -0.329. The molecule has 3 aromatic rings. The van der Waals surface area contributed by atoms with Crippen molar-refractivity contribution in [3.8, 4) is 0 Å². The number of nitrogens with one attached hydrogen (secondary N) is 1. The third-order valence-corrected chi connectivity index (χ3v) is 3.89. The number of pyridine rings is 1. The first-order chi connectivity index (χ1) is 11.1. The summed E-state index contributed by atoms with van der Waals surface area (Å²) >= 11 is 3.42. The molecule has 0 atom stereocenters. The molecule has 114 valence electrons. The van der Waals surface area contributed by atoms with Crippen LogP contribution in [0.25, 0.3) is 10.9 Å². The second kappa shape index (κ2) is 6.71. The number of carbonyl (C=O) groups excluding carboxylic acids is 1. The third-order valence-electron chi connectivity index (χ3n) is 3.40. The molecule has 0 aliphatic carbocycles. The third kappa shape index (κ3) is 3.63. The van der Waals surface area contributed by atoms with Crippen molar-refractivity contribution in [1.82, 2.24) is 10.4 Å². The van der Waals surface area contributed by atoms with E-state index in [2.05, 4.69) is 31.4 Å². The van der Waals surface area contributed by atoms with Gasteiger partial charge in [-0.2, -0.15) is 5.10 Å². The fourth-order valence-corrected chi connectivity index (χ4v) is 2.56. The number of benzene rings is 2. The van der Waals surface area contributed by atoms with Crippen LogP contribution in [0.5, 0.6) is 0 Å². The van der Waals surface area contributed by atoms with Crippen LogP contribution < -0.4 is 5.43 Å². The quantitative estimate of drug-likeness (QED) is 0.558. The Balaban J connectivity index is 1.79. The Morgan fingerprint density at radius 2 is 1.91 bits per heavy atom. The molecule has 1 aromatic heterocycles. The van der Waals surface area contributed by atoms with Gasteiger partial charge in [0.05, 0.1) is 11.2 Å². The van der Waals surface area contributed by atoms with Gasteiger partial charge in [-0.1, -0.05) is 52.3 Å². The average molecular weight is 368 g/mol. The number of rotatable bonds is 3. The lowest BCUT2D eigenvalue weighted by atomic mass is 10.1. The highest BCUT2D eigenvalue weighted by Crippen LogP contribution is 2.13. The summed E-state index contributed by atoms with van der Waals surface area (Å²) in [5, 5.41) is 5.15. The highest BCUT2D eigenvalue weighted by Gasteiger charge is 2.07. The Morgan fingerprint density at radius 1 is 1.09 bits per heavy atom. The van der Waals surface area contributed by atoms with Crippen molar-refractivity contribution in [2.24, 2.45) is 5.10 Å². The molecule has 0 aliphatic heterocycles. The lowest BCUT2D eigenvalue weighted by Gasteiger charge is -2.04. The van der Waals surface area contributed by atoms with Crippen LogP contribution in [0.2, 0.25) is 0 Å². The zero-order valence-corrected chi connectivity index (χ0v) is 14.0. The number of hydrazone groups is 1. The molecule has 0 saturated carbocycles. The highest BCUT2D eigenvalue weighted by molar-refractivity contribution is 9.10. The number of para-hydroxylation sites is 1. The lowest BCUT2D eigenvalue weighted by Crippen LogP contribution is -2.20. The van der Waals surface area contributed by atoms with E-state index in [1.54, 1.807) is 6.07 Å². The van der Waals surface area contributed by atoms with Crippen LogP contribution in [0, 0.1) is 0 Å². The maximum atomic E-state index is 12.2. The Bertz CT molecular complexity index is 905. The largest absolute Gasteiger partial charge is 0.289 e. The van der Waals surface area contributed by atoms with Crippen LogP contribution in [0.15, 0.2) is 70.2 Å². The summed E-state index contributed by atoms with van der Waals surface area (Å²) in [5.41, 5.74) is 5.34. The van der Waals surface area contributed by atoms with Gasteiger partial charge in [-0.15, -0.1) is 0 Å². The van der Waals surface area contributed by atoms with E-state index in [9.17, 15) is 4.79 Å². The van der Waals surface area contributed by atoms with Crippen LogP contribution in [0.4, 0.5) is 0 Å². The summed E-state index contributed by atoms with van der Waals surface area (Å²) in [6, 6.07) is 19.0. The van der Waals surface area contributed by atoms with Crippen molar-refractivity contribution in [2.45, 2.75) is 6.92 Å². The number of carbonyl (C=O) groups is 1. The number of fused-ring (bicyclic) bond motifs is 1. The maximum absolute atomic E-state index is 12.2. The normalized spacial score (nSPS) is 11.5. The first-order valence-electron chi connectivity index (χ1n) is 7.10. The van der Waals surface area contributed by atoms with E-state index < -0.39 is 0 Å². The molecule has 1 heterocycles. The van der Waals surface area contributed by atoms with Gasteiger partial charge in [0.1, 0.15) is 5.69 Å². The van der Waals surface area contributed by atoms with Crippen molar-refractivity contribution in [3.63, 3.8) is 0 Å². The fourth-order valence-electron chi connectivity index (χ4n) is 2.16. The Hall–Kier alpha value is -2.53. The van der Waals surface area contributed by atoms with E-state index in [4.69, 9.17) is 0 Å². The molecule has 0 saturated heterocycles. The van der Waals surface area contributed by atoms with E-state index in [0.29, 0.717) is 5.69 Å². The van der Waals surface area contributed by atoms with Gasteiger partial charge < -0.3 is 0 Å². The molecule has 4 nitrogen and oxygen atoms in total. The topological polar surface area (TPSA) is 54.4 Å². The number of halogens is 1. The standard InChI is InChI=1S/C18H14BrN3O/c1-12(14-6-4-7-15(19)11-14)21-22-18(23)17-10-9-13-5-2-3-8-16(13)20-17/h2-11H,1H3,(H,22,23)/b21-12+. The van der Waals surface area contributed by atoms with Crippen molar-refractivity contribution in [2.75, 3.05) is 0 Å². The number of amides is 1. The summed E-state index contributed by atoms with van der Waals surface area (Å²) in [6.45, 7) is 1.84. The van der Waals surface area contributed by atoms with Crippen LogP contribution in [0.1, 0.15) is 23.0 Å². The monoisotopic (exact) mass is 367 g/mol. The zero-order chi connectivity index (χ0) is 16.2. The molecule has 0 fully saturated rings. The molecule has 1 N–H and O–H groups in total. The van der Waals surface area contributed by atoms with Gasteiger partial charge >= 0.3 is 0 Å². The molecule has 0 unspecified atom stereocenters. The Labute approximate surface area is 142 Å². The van der Waals surface area contributed by atoms with E-state index in [1.807, 2.05) is 61.5 Å². The van der Waals surface area contributed by atoms with E-state index in [0.717, 1.165) is 26.7 Å². The van der Waals surface area contributed by atoms with Crippen LogP contribution >= 0.6 is 15.9 Å². The molecular weight excluding hydrogens is 354 g/mol. The average Bonchev–Trinajstić information content (AvgIpc) is 2.59. The maximum Gasteiger partial charge on any atom is 0.289 e. The fraction of sp³-hybridized carbons (Fsp3) is 0.0556. The van der Waals surface area contributed by atoms with Crippen molar-refractivity contribution < 1.29 is 4.79 Å². The second-order valence-electron chi connectivity index (χ2n) is 5.04. The molecule has 23 heavy (non-hydrogen) atoms. The minimum Gasteiger partial charge on any atom is -0.266 e. The predicted molar refractivity (Wildman–Crippen MR) is 95.6 cm³/mol. The first-order valence-corrected chi connectivity index (χ1v) is 7.89. The summed E-state index contributed by atoms with van der Waals surface area (Å²) in [5.74, 6) is -0.329. The molecule has 5 heteroatoms. The summed E-state index contributed by atoms with van der Waals surface area (Å²) in [7, 11) is 0. The lowest BCUT2D eigenvalue weighted by molar-refractivity contribution is 0.0950. The van der Waals surface area contributed by atoms with E-state index in [1.165, 1.54) is 0 Å². The molecule has 0 radical (unpaired) electrons. The number of aromatic nitrogens is 1. The number of nitrogens with zero attached hydrogens (tertiary/aromatic N) is 2. The molecule has 1 amide bonds. The first kappa shape index (κ1) is 15.4. The van der Waals surface area contributed by atoms with Gasteiger partial charge in [-0.3, -0.25) is 4.79 Å².